The molecule has 0 amide bonds. The number of benzene rings is 1. The molecule has 0 aliphatic carbocycles. The molecule has 3 heterocycles. The zero-order chi connectivity index (χ0) is 29.7. The maximum atomic E-state index is 14.0. The van der Waals surface area contributed by atoms with Gasteiger partial charge in [0.1, 0.15) is 11.4 Å². The summed E-state index contributed by atoms with van der Waals surface area (Å²) in [5.41, 5.74) is -2.35. The molecule has 7 nitrogen and oxygen atoms in total. The number of hydrogen-bond acceptors (Lipinski definition) is 7. The number of likely N-dealkylation sites (tertiary alicyclic amines) is 1. The largest absolute Gasteiger partial charge is 0.421 e. The summed E-state index contributed by atoms with van der Waals surface area (Å²) in [6, 6.07) is 3.47. The number of hydrogen-bond donors (Lipinski definition) is 2. The van der Waals surface area contributed by atoms with E-state index in [1.807, 2.05) is 46.7 Å². The Bertz CT molecular complexity index is 1180. The third-order valence-electron chi connectivity index (χ3n) is 8.14. The number of likely N-dealkylation sites (N-methyl/N-ethyl adjacent to an activating group) is 1. The third-order valence-corrected chi connectivity index (χ3v) is 8.14. The highest BCUT2D eigenvalue weighted by Crippen LogP contribution is 2.41. The van der Waals surface area contributed by atoms with Crippen molar-refractivity contribution in [1.29, 1.82) is 0 Å². The lowest BCUT2D eigenvalue weighted by Crippen LogP contribution is -2.61. The van der Waals surface area contributed by atoms with E-state index in [4.69, 9.17) is 0 Å². The van der Waals surface area contributed by atoms with E-state index in [2.05, 4.69) is 25.5 Å². The molecule has 0 saturated carbocycles. The summed E-state index contributed by atoms with van der Waals surface area (Å²) in [5.74, 6) is -0.640. The summed E-state index contributed by atoms with van der Waals surface area (Å²) in [7, 11) is 3.91. The first-order valence-corrected chi connectivity index (χ1v) is 13.2. The van der Waals surface area contributed by atoms with Crippen molar-refractivity contribution in [3.8, 4) is 0 Å². The van der Waals surface area contributed by atoms with Gasteiger partial charge >= 0.3 is 12.4 Å². The fraction of sp³-hybridized carbons (Fsp3) is 0.630. The number of halogens is 6. The number of aromatic nitrogens is 2. The SMILES string of the molecule is CN1CCN(c2ccc(Nc3ncc(C(F)(F)F)c(NC4CC(C)(C)N(C)C(C)(C)C4)n3)cc2C(F)(F)F)CC1. The van der Waals surface area contributed by atoms with Crippen LogP contribution in [0.5, 0.6) is 0 Å². The van der Waals surface area contributed by atoms with Gasteiger partial charge in [-0.2, -0.15) is 31.3 Å². The molecule has 0 radical (unpaired) electrons. The highest BCUT2D eigenvalue weighted by molar-refractivity contribution is 5.65. The summed E-state index contributed by atoms with van der Waals surface area (Å²) >= 11 is 0. The summed E-state index contributed by atoms with van der Waals surface area (Å²) in [5, 5.41) is 5.66. The van der Waals surface area contributed by atoms with Crippen LogP contribution in [0, 0.1) is 0 Å². The summed E-state index contributed by atoms with van der Waals surface area (Å²) in [6.45, 7) is 10.3. The van der Waals surface area contributed by atoms with E-state index in [1.54, 1.807) is 4.90 Å². The van der Waals surface area contributed by atoms with Gasteiger partial charge in [-0.1, -0.05) is 0 Å². The summed E-state index contributed by atoms with van der Waals surface area (Å²) in [6.07, 6.45) is -7.55. The number of piperazine rings is 1. The zero-order valence-corrected chi connectivity index (χ0v) is 23.6. The lowest BCUT2D eigenvalue weighted by atomic mass is 9.77. The second-order valence-corrected chi connectivity index (χ2v) is 12.0. The van der Waals surface area contributed by atoms with Crippen molar-refractivity contribution >= 4 is 23.1 Å². The van der Waals surface area contributed by atoms with Crippen LogP contribution in [0.3, 0.4) is 0 Å². The molecule has 0 bridgehead atoms. The van der Waals surface area contributed by atoms with Crippen molar-refractivity contribution < 1.29 is 26.3 Å². The van der Waals surface area contributed by atoms with Crippen molar-refractivity contribution in [2.75, 3.05) is 55.8 Å². The fourth-order valence-electron chi connectivity index (χ4n) is 5.72. The van der Waals surface area contributed by atoms with Crippen LogP contribution in [0.2, 0.25) is 0 Å². The number of nitrogens with one attached hydrogen (secondary N) is 2. The van der Waals surface area contributed by atoms with E-state index in [0.717, 1.165) is 6.07 Å². The zero-order valence-electron chi connectivity index (χ0n) is 23.6. The maximum absolute atomic E-state index is 14.0. The number of alkyl halides is 6. The summed E-state index contributed by atoms with van der Waals surface area (Å²) < 4.78 is 83.7. The quantitative estimate of drug-likeness (QED) is 0.421. The number of anilines is 4. The normalized spacial score (nSPS) is 20.9. The molecule has 2 aliphatic rings. The third kappa shape index (κ3) is 6.56. The first-order valence-electron chi connectivity index (χ1n) is 13.2. The molecule has 40 heavy (non-hydrogen) atoms. The summed E-state index contributed by atoms with van der Waals surface area (Å²) in [4.78, 5) is 13.8. The van der Waals surface area contributed by atoms with E-state index in [9.17, 15) is 26.3 Å². The van der Waals surface area contributed by atoms with Crippen molar-refractivity contribution in [3.05, 3.63) is 35.5 Å². The Morgan fingerprint density at radius 1 is 0.850 bits per heavy atom. The second kappa shape index (κ2) is 10.6. The van der Waals surface area contributed by atoms with Gasteiger partial charge < -0.3 is 20.4 Å². The van der Waals surface area contributed by atoms with E-state index in [0.29, 0.717) is 45.2 Å². The lowest BCUT2D eigenvalue weighted by molar-refractivity contribution is -0.138. The fourth-order valence-corrected chi connectivity index (χ4v) is 5.72. The first-order chi connectivity index (χ1) is 18.4. The Kier molecular flexibility index (Phi) is 7.96. The Balaban J connectivity index is 1.63. The molecule has 2 aromatic rings. The van der Waals surface area contributed by atoms with Crippen LogP contribution in [0.15, 0.2) is 24.4 Å². The van der Waals surface area contributed by atoms with Crippen molar-refractivity contribution in [3.63, 3.8) is 0 Å². The average Bonchev–Trinajstić information content (AvgIpc) is 2.81. The molecule has 2 saturated heterocycles. The maximum Gasteiger partial charge on any atom is 0.421 e. The van der Waals surface area contributed by atoms with Gasteiger partial charge in [0.25, 0.3) is 0 Å². The van der Waals surface area contributed by atoms with Crippen LogP contribution in [0.4, 0.5) is 49.5 Å². The van der Waals surface area contributed by atoms with E-state index in [1.165, 1.54) is 12.1 Å². The van der Waals surface area contributed by atoms with E-state index < -0.39 is 29.3 Å². The van der Waals surface area contributed by atoms with Gasteiger partial charge in [0.05, 0.1) is 5.56 Å². The Morgan fingerprint density at radius 3 is 1.98 bits per heavy atom. The smallest absolute Gasteiger partial charge is 0.368 e. The molecule has 13 heteroatoms. The van der Waals surface area contributed by atoms with Gasteiger partial charge in [0.15, 0.2) is 0 Å². The van der Waals surface area contributed by atoms with Gasteiger partial charge in [-0.15, -0.1) is 0 Å². The predicted molar refractivity (Wildman–Crippen MR) is 144 cm³/mol. The first kappa shape index (κ1) is 30.2. The molecular weight excluding hydrogens is 536 g/mol. The standard InChI is InChI=1S/C27H37F6N7/c1-24(2)14-18(15-25(3,4)39(24)6)35-22-20(27(31,32)33)16-34-23(37-22)36-17-7-8-21(19(13-17)26(28,29)30)40-11-9-38(5)10-12-40/h7-8,13,16,18H,9-12,14-15H2,1-6H3,(H2,34,35,36,37). The Hall–Kier alpha value is -2.80. The van der Waals surface area contributed by atoms with Gasteiger partial charge in [0, 0.05) is 60.9 Å². The lowest BCUT2D eigenvalue weighted by Gasteiger charge is -2.53. The Labute approximate surface area is 230 Å². The molecule has 2 fully saturated rings. The Morgan fingerprint density at radius 2 is 1.43 bits per heavy atom. The highest BCUT2D eigenvalue weighted by Gasteiger charge is 2.44. The topological polar surface area (TPSA) is 59.6 Å². The number of piperidine rings is 1. The minimum Gasteiger partial charge on any atom is -0.368 e. The molecule has 2 N–H and O–H groups in total. The highest BCUT2D eigenvalue weighted by atomic mass is 19.4. The minimum absolute atomic E-state index is 0.0254. The molecule has 222 valence electrons. The number of nitrogens with zero attached hydrogens (tertiary/aromatic N) is 5. The van der Waals surface area contributed by atoms with E-state index >= 15 is 0 Å². The van der Waals surface area contributed by atoms with Gasteiger partial charge in [-0.05, 0) is 72.8 Å². The van der Waals surface area contributed by atoms with Gasteiger partial charge in [-0.3, -0.25) is 4.90 Å². The predicted octanol–water partition coefficient (Wildman–Crippen LogP) is 6.07. The monoisotopic (exact) mass is 573 g/mol. The van der Waals surface area contributed by atoms with E-state index in [-0.39, 0.29) is 34.4 Å². The van der Waals surface area contributed by atoms with Crippen LogP contribution in [0.1, 0.15) is 51.7 Å². The van der Waals surface area contributed by atoms with Crippen LogP contribution < -0.4 is 15.5 Å². The van der Waals surface area contributed by atoms with Crippen LogP contribution in [-0.4, -0.2) is 77.2 Å². The average molecular weight is 574 g/mol. The van der Waals surface area contributed by atoms with Gasteiger partial charge in [0.2, 0.25) is 5.95 Å². The second-order valence-electron chi connectivity index (χ2n) is 12.0. The molecule has 2 aliphatic heterocycles. The molecule has 0 spiro atoms. The van der Waals surface area contributed by atoms with Crippen LogP contribution in [0.25, 0.3) is 0 Å². The molecular formula is C27H37F6N7. The number of rotatable bonds is 5. The van der Waals surface area contributed by atoms with Crippen molar-refractivity contribution in [2.45, 2.75) is 70.0 Å². The van der Waals surface area contributed by atoms with Gasteiger partial charge in [-0.25, -0.2) is 4.98 Å². The molecule has 4 rings (SSSR count). The van der Waals surface area contributed by atoms with Crippen molar-refractivity contribution in [1.82, 2.24) is 19.8 Å². The minimum atomic E-state index is -4.72. The molecule has 0 atom stereocenters. The van der Waals surface area contributed by atoms with Crippen LogP contribution >= 0.6 is 0 Å². The van der Waals surface area contributed by atoms with Crippen LogP contribution in [-0.2, 0) is 12.4 Å². The molecule has 1 aromatic heterocycles. The molecule has 0 unspecified atom stereocenters. The molecule has 1 aromatic carbocycles. The van der Waals surface area contributed by atoms with Crippen molar-refractivity contribution in [2.24, 2.45) is 0 Å².